The second-order valence-electron chi connectivity index (χ2n) is 3.95. The van der Waals surface area contributed by atoms with E-state index in [4.69, 9.17) is 23.2 Å². The number of hydrogen-bond donors (Lipinski definition) is 2. The van der Waals surface area contributed by atoms with Gasteiger partial charge in [-0.05, 0) is 35.9 Å². The molecule has 98 valence electrons. The van der Waals surface area contributed by atoms with E-state index in [0.717, 1.165) is 5.56 Å². The van der Waals surface area contributed by atoms with Gasteiger partial charge in [-0.25, -0.2) is 0 Å². The van der Waals surface area contributed by atoms with Crippen molar-refractivity contribution in [2.45, 2.75) is 5.88 Å². The fraction of sp³-hybridized carbons (Fsp3) is 0.0714. The molecule has 0 bridgehead atoms. The Morgan fingerprint density at radius 2 is 2.00 bits per heavy atom. The summed E-state index contributed by atoms with van der Waals surface area (Å²) in [6.07, 6.45) is 0. The number of rotatable bonds is 3. The van der Waals surface area contributed by atoms with Crippen LogP contribution in [0.3, 0.4) is 0 Å². The number of phenolic OH excluding ortho intramolecular Hbond substituents is 1. The van der Waals surface area contributed by atoms with Crippen molar-refractivity contribution < 1.29 is 9.90 Å². The van der Waals surface area contributed by atoms with E-state index in [1.165, 1.54) is 18.2 Å². The highest BCUT2D eigenvalue weighted by Gasteiger charge is 2.11. The zero-order valence-corrected chi connectivity index (χ0v) is 11.4. The molecular weight excluding hydrogens is 285 g/mol. The molecule has 0 unspecified atom stereocenters. The van der Waals surface area contributed by atoms with Gasteiger partial charge in [-0.1, -0.05) is 23.7 Å². The van der Waals surface area contributed by atoms with Crippen molar-refractivity contribution in [1.82, 2.24) is 0 Å². The van der Waals surface area contributed by atoms with Crippen LogP contribution in [0.15, 0.2) is 42.5 Å². The molecule has 0 heterocycles. The van der Waals surface area contributed by atoms with Gasteiger partial charge in [0.15, 0.2) is 0 Å². The highest BCUT2D eigenvalue weighted by molar-refractivity contribution is 6.34. The van der Waals surface area contributed by atoms with Gasteiger partial charge in [-0.3, -0.25) is 4.79 Å². The van der Waals surface area contributed by atoms with Crippen molar-refractivity contribution in [3.63, 3.8) is 0 Å². The maximum atomic E-state index is 12.0. The minimum atomic E-state index is -0.382. The van der Waals surface area contributed by atoms with Crippen LogP contribution in [0, 0.1) is 0 Å². The Bertz CT molecular complexity index is 614. The molecule has 5 heteroatoms. The number of carbonyl (C=O) groups is 1. The minimum absolute atomic E-state index is 0.0101. The first-order valence-electron chi connectivity index (χ1n) is 5.55. The van der Waals surface area contributed by atoms with Crippen LogP contribution < -0.4 is 5.32 Å². The second kappa shape index (κ2) is 5.95. The van der Waals surface area contributed by atoms with Crippen molar-refractivity contribution >= 4 is 34.8 Å². The molecule has 19 heavy (non-hydrogen) atoms. The predicted molar refractivity (Wildman–Crippen MR) is 77.1 cm³/mol. The van der Waals surface area contributed by atoms with Crippen LogP contribution in [0.2, 0.25) is 5.02 Å². The summed E-state index contributed by atoms with van der Waals surface area (Å²) in [5.41, 5.74) is 1.75. The van der Waals surface area contributed by atoms with Gasteiger partial charge in [0.2, 0.25) is 0 Å². The number of carbonyl (C=O) groups excluding carboxylic acids is 1. The van der Waals surface area contributed by atoms with Gasteiger partial charge in [0.05, 0.1) is 10.6 Å². The smallest absolute Gasteiger partial charge is 0.257 e. The molecule has 0 aliphatic carbocycles. The number of alkyl halides is 1. The lowest BCUT2D eigenvalue weighted by Gasteiger charge is -2.08. The third-order valence-corrected chi connectivity index (χ3v) is 3.17. The molecule has 2 aromatic carbocycles. The zero-order chi connectivity index (χ0) is 13.8. The van der Waals surface area contributed by atoms with Gasteiger partial charge in [-0.15, -0.1) is 11.6 Å². The van der Waals surface area contributed by atoms with Crippen molar-refractivity contribution in [3.05, 3.63) is 58.6 Å². The Morgan fingerprint density at radius 3 is 2.74 bits per heavy atom. The van der Waals surface area contributed by atoms with Gasteiger partial charge < -0.3 is 10.4 Å². The fourth-order valence-corrected chi connectivity index (χ4v) is 1.99. The summed E-state index contributed by atoms with van der Waals surface area (Å²) >= 11 is 11.7. The highest BCUT2D eigenvalue weighted by Crippen LogP contribution is 2.22. The molecule has 2 rings (SSSR count). The van der Waals surface area contributed by atoms with Crippen LogP contribution in [0.1, 0.15) is 15.9 Å². The first kappa shape index (κ1) is 13.7. The van der Waals surface area contributed by atoms with Crippen LogP contribution in [0.5, 0.6) is 5.75 Å². The van der Waals surface area contributed by atoms with E-state index in [0.29, 0.717) is 11.6 Å². The Kier molecular flexibility index (Phi) is 4.30. The standard InChI is InChI=1S/C14H11Cl2NO2/c15-8-9-2-1-3-10(6-9)17-14(19)12-7-11(18)4-5-13(12)16/h1-7,18H,8H2,(H,17,19). The summed E-state index contributed by atoms with van der Waals surface area (Å²) in [6.45, 7) is 0. The number of halogens is 2. The van der Waals surface area contributed by atoms with E-state index in [1.807, 2.05) is 6.07 Å². The Morgan fingerprint density at radius 1 is 1.21 bits per heavy atom. The van der Waals surface area contributed by atoms with E-state index >= 15 is 0 Å². The van der Waals surface area contributed by atoms with Crippen molar-refractivity contribution in [1.29, 1.82) is 0 Å². The molecule has 1 amide bonds. The Balaban J connectivity index is 2.23. The lowest BCUT2D eigenvalue weighted by molar-refractivity contribution is 0.102. The lowest BCUT2D eigenvalue weighted by Crippen LogP contribution is -2.12. The molecule has 2 aromatic rings. The SMILES string of the molecule is O=C(Nc1cccc(CCl)c1)c1cc(O)ccc1Cl. The van der Waals surface area contributed by atoms with Gasteiger partial charge in [0.25, 0.3) is 5.91 Å². The van der Waals surface area contributed by atoms with Crippen LogP contribution in [-0.2, 0) is 5.88 Å². The van der Waals surface area contributed by atoms with Gasteiger partial charge in [-0.2, -0.15) is 0 Å². The predicted octanol–water partition coefficient (Wildman–Crippen LogP) is 4.04. The van der Waals surface area contributed by atoms with Gasteiger partial charge in [0.1, 0.15) is 5.75 Å². The maximum Gasteiger partial charge on any atom is 0.257 e. The molecule has 0 aliphatic heterocycles. The summed E-state index contributed by atoms with van der Waals surface area (Å²) in [5, 5.41) is 12.4. The molecule has 0 fully saturated rings. The summed E-state index contributed by atoms with van der Waals surface area (Å²) in [7, 11) is 0. The Hall–Kier alpha value is -1.71. The van der Waals surface area contributed by atoms with E-state index < -0.39 is 0 Å². The van der Waals surface area contributed by atoms with E-state index in [2.05, 4.69) is 5.32 Å². The molecular formula is C14H11Cl2NO2. The monoisotopic (exact) mass is 295 g/mol. The normalized spacial score (nSPS) is 10.2. The van der Waals surface area contributed by atoms with E-state index in [1.54, 1.807) is 18.2 Å². The number of aromatic hydroxyl groups is 1. The van der Waals surface area contributed by atoms with Crippen molar-refractivity contribution in [3.8, 4) is 5.75 Å². The highest BCUT2D eigenvalue weighted by atomic mass is 35.5. The van der Waals surface area contributed by atoms with Gasteiger partial charge >= 0.3 is 0 Å². The zero-order valence-electron chi connectivity index (χ0n) is 9.86. The van der Waals surface area contributed by atoms with E-state index in [-0.39, 0.29) is 22.2 Å². The number of anilines is 1. The average Bonchev–Trinajstić information content (AvgIpc) is 2.41. The van der Waals surface area contributed by atoms with Crippen molar-refractivity contribution in [2.75, 3.05) is 5.32 Å². The van der Waals surface area contributed by atoms with Gasteiger partial charge in [0, 0.05) is 11.6 Å². The molecule has 2 N–H and O–H groups in total. The third kappa shape index (κ3) is 3.40. The van der Waals surface area contributed by atoms with E-state index in [9.17, 15) is 9.90 Å². The number of phenols is 1. The third-order valence-electron chi connectivity index (χ3n) is 2.53. The molecule has 0 radical (unpaired) electrons. The minimum Gasteiger partial charge on any atom is -0.508 e. The molecule has 0 atom stereocenters. The number of hydrogen-bond acceptors (Lipinski definition) is 2. The summed E-state index contributed by atoms with van der Waals surface area (Å²) < 4.78 is 0. The van der Waals surface area contributed by atoms with Crippen LogP contribution in [0.4, 0.5) is 5.69 Å². The number of nitrogens with one attached hydrogen (secondary N) is 1. The van der Waals surface area contributed by atoms with Crippen LogP contribution in [0.25, 0.3) is 0 Å². The lowest BCUT2D eigenvalue weighted by atomic mass is 10.1. The summed E-state index contributed by atoms with van der Waals surface area (Å²) in [6, 6.07) is 11.4. The molecule has 3 nitrogen and oxygen atoms in total. The average molecular weight is 296 g/mol. The molecule has 0 saturated heterocycles. The molecule has 0 saturated carbocycles. The topological polar surface area (TPSA) is 49.3 Å². The second-order valence-corrected chi connectivity index (χ2v) is 4.63. The molecule has 0 aromatic heterocycles. The molecule has 0 aliphatic rings. The summed E-state index contributed by atoms with van der Waals surface area (Å²) in [5.74, 6) is -0.0203. The molecule has 0 spiro atoms. The number of amides is 1. The van der Waals surface area contributed by atoms with Crippen LogP contribution in [-0.4, -0.2) is 11.0 Å². The number of benzene rings is 2. The fourth-order valence-electron chi connectivity index (χ4n) is 1.62. The first-order valence-corrected chi connectivity index (χ1v) is 6.46. The Labute approximate surface area is 120 Å². The summed E-state index contributed by atoms with van der Waals surface area (Å²) in [4.78, 5) is 12.0. The quantitative estimate of drug-likeness (QED) is 0.840. The van der Waals surface area contributed by atoms with Crippen LogP contribution >= 0.6 is 23.2 Å². The largest absolute Gasteiger partial charge is 0.508 e. The first-order chi connectivity index (χ1) is 9.10. The maximum absolute atomic E-state index is 12.0. The van der Waals surface area contributed by atoms with Crippen molar-refractivity contribution in [2.24, 2.45) is 0 Å².